The number of nitrogens with zero attached hydrogens (tertiary/aromatic N) is 2. The maximum atomic E-state index is 11.4. The molecule has 0 fully saturated rings. The van der Waals surface area contributed by atoms with Crippen molar-refractivity contribution >= 4 is 28.6 Å². The summed E-state index contributed by atoms with van der Waals surface area (Å²) in [5, 5.41) is 10.3. The molecule has 1 aliphatic rings. The fourth-order valence-corrected chi connectivity index (χ4v) is 3.61. The Balaban J connectivity index is 2.14. The molecule has 0 saturated heterocycles. The molecule has 3 rings (SSSR count). The number of hydrogen-bond donors (Lipinski definition) is 1. The summed E-state index contributed by atoms with van der Waals surface area (Å²) in [7, 11) is 0. The molecule has 0 spiro atoms. The lowest BCUT2D eigenvalue weighted by atomic mass is 10.2. The average Bonchev–Trinajstić information content (AvgIpc) is 2.88. The number of aliphatic hydroxyl groups excluding tert-OH is 1. The minimum atomic E-state index is -0.778. The molecule has 5 nitrogen and oxygen atoms in total. The van der Waals surface area contributed by atoms with Crippen molar-refractivity contribution in [1.82, 2.24) is 9.55 Å². The zero-order chi connectivity index (χ0) is 13.5. The van der Waals surface area contributed by atoms with E-state index in [0.717, 1.165) is 23.1 Å². The van der Waals surface area contributed by atoms with E-state index in [1.165, 1.54) is 18.7 Å². The minimum absolute atomic E-state index is 0.0902. The maximum absolute atomic E-state index is 11.4. The summed E-state index contributed by atoms with van der Waals surface area (Å²) < 4.78 is 7.65. The molecule has 1 unspecified atom stereocenters. The topological polar surface area (TPSA) is 64.3 Å². The second-order valence-electron chi connectivity index (χ2n) is 4.49. The van der Waals surface area contributed by atoms with Crippen LogP contribution in [0, 0.1) is 0 Å². The van der Waals surface area contributed by atoms with E-state index in [0.29, 0.717) is 6.42 Å². The zero-order valence-corrected chi connectivity index (χ0v) is 11.3. The van der Waals surface area contributed by atoms with Crippen LogP contribution in [0.4, 0.5) is 0 Å². The van der Waals surface area contributed by atoms with E-state index in [2.05, 4.69) is 9.55 Å². The lowest BCUT2D eigenvalue weighted by molar-refractivity contribution is -0.149. The van der Waals surface area contributed by atoms with Crippen LogP contribution in [0.15, 0.2) is 24.5 Å². The van der Waals surface area contributed by atoms with Crippen molar-refractivity contribution in [3.63, 3.8) is 0 Å². The fourth-order valence-electron chi connectivity index (χ4n) is 2.67. The van der Waals surface area contributed by atoms with Gasteiger partial charge in [-0.05, 0) is 12.1 Å². The van der Waals surface area contributed by atoms with Gasteiger partial charge in [-0.15, -0.1) is 0 Å². The Kier molecular flexibility index (Phi) is 2.99. The van der Waals surface area contributed by atoms with Gasteiger partial charge in [0.2, 0.25) is 4.93 Å². The van der Waals surface area contributed by atoms with Crippen LogP contribution in [0.5, 0.6) is 0 Å². The van der Waals surface area contributed by atoms with E-state index in [1.54, 1.807) is 12.4 Å². The third kappa shape index (κ3) is 1.91. The number of fused-ring (bicyclic) bond motifs is 3. The van der Waals surface area contributed by atoms with Gasteiger partial charge in [0, 0.05) is 37.7 Å². The number of aromatic nitrogens is 2. The lowest BCUT2D eigenvalue weighted by Gasteiger charge is -2.26. The van der Waals surface area contributed by atoms with Gasteiger partial charge in [0.25, 0.3) is 0 Å². The Morgan fingerprint density at radius 1 is 1.68 bits per heavy atom. The number of rotatable bonds is 3. The van der Waals surface area contributed by atoms with Crippen LogP contribution in [0.2, 0.25) is 0 Å². The van der Waals surface area contributed by atoms with Gasteiger partial charge in [-0.2, -0.15) is 0 Å². The van der Waals surface area contributed by atoms with E-state index < -0.39 is 4.93 Å². The molecule has 6 heteroatoms. The third-order valence-electron chi connectivity index (χ3n) is 3.36. The molecule has 1 N–H and O–H groups in total. The molecule has 3 heterocycles. The van der Waals surface area contributed by atoms with Crippen molar-refractivity contribution in [3.05, 3.63) is 30.2 Å². The number of ether oxygens (including phenoxy) is 1. The van der Waals surface area contributed by atoms with Crippen LogP contribution in [-0.4, -0.2) is 26.6 Å². The van der Waals surface area contributed by atoms with E-state index >= 15 is 0 Å². The minimum Gasteiger partial charge on any atom is -0.442 e. The Hall–Kier alpha value is -1.53. The third-order valence-corrected chi connectivity index (χ3v) is 4.45. The molecular weight excluding hydrogens is 264 g/mol. The second kappa shape index (κ2) is 4.54. The largest absolute Gasteiger partial charge is 0.442 e. The van der Waals surface area contributed by atoms with Crippen LogP contribution in [0.1, 0.15) is 19.0 Å². The van der Waals surface area contributed by atoms with E-state index in [9.17, 15) is 9.90 Å². The van der Waals surface area contributed by atoms with Crippen molar-refractivity contribution in [3.8, 4) is 0 Å². The molecule has 19 heavy (non-hydrogen) atoms. The molecule has 1 atom stereocenters. The smallest absolute Gasteiger partial charge is 0.304 e. The van der Waals surface area contributed by atoms with Crippen molar-refractivity contribution in [2.75, 3.05) is 5.94 Å². The number of aryl methyl sites for hydroxylation is 1. The zero-order valence-electron chi connectivity index (χ0n) is 10.5. The molecule has 1 aliphatic heterocycles. The Morgan fingerprint density at radius 2 is 2.53 bits per heavy atom. The van der Waals surface area contributed by atoms with Gasteiger partial charge in [0.05, 0.1) is 17.1 Å². The fraction of sp³-hybridized carbons (Fsp3) is 0.385. The summed E-state index contributed by atoms with van der Waals surface area (Å²) in [4.78, 5) is 14.7. The number of pyridine rings is 1. The molecular formula is C13H14N2O3S. The van der Waals surface area contributed by atoms with E-state index in [1.807, 2.05) is 12.1 Å². The predicted molar refractivity (Wildman–Crippen MR) is 72.5 cm³/mol. The summed E-state index contributed by atoms with van der Waals surface area (Å²) in [5.74, 6) is -0.426. The normalized spacial score (nSPS) is 21.6. The summed E-state index contributed by atoms with van der Waals surface area (Å²) in [6.45, 7) is 2.16. The first-order chi connectivity index (χ1) is 9.16. The summed E-state index contributed by atoms with van der Waals surface area (Å²) in [6, 6.07) is 3.94. The van der Waals surface area contributed by atoms with Crippen LogP contribution in [-0.2, 0) is 21.0 Å². The Labute approximate surface area is 114 Å². The average molecular weight is 278 g/mol. The standard InChI is InChI=1S/C13H14N2O3S/c1-9(17)18-13(19-8-16)3-5-15-11-2-4-14-7-10(11)6-12(13)15/h2,4,6-7,16H,3,5,8H2,1H3. The van der Waals surface area contributed by atoms with Crippen molar-refractivity contribution in [2.45, 2.75) is 24.8 Å². The molecule has 100 valence electrons. The summed E-state index contributed by atoms with van der Waals surface area (Å²) in [6.07, 6.45) is 4.22. The van der Waals surface area contributed by atoms with Gasteiger partial charge in [-0.1, -0.05) is 11.8 Å². The Bertz CT molecular complexity index is 640. The van der Waals surface area contributed by atoms with Gasteiger partial charge < -0.3 is 14.4 Å². The SMILES string of the molecule is CC(=O)OC1(SCO)CCn2c1cc1cnccc12. The van der Waals surface area contributed by atoms with Gasteiger partial charge in [0.15, 0.2) is 0 Å². The monoisotopic (exact) mass is 278 g/mol. The van der Waals surface area contributed by atoms with Gasteiger partial charge >= 0.3 is 5.97 Å². The summed E-state index contributed by atoms with van der Waals surface area (Å²) in [5.41, 5.74) is 2.00. The van der Waals surface area contributed by atoms with Crippen LogP contribution in [0.25, 0.3) is 10.9 Å². The lowest BCUT2D eigenvalue weighted by Crippen LogP contribution is -2.26. The van der Waals surface area contributed by atoms with Crippen LogP contribution in [0.3, 0.4) is 0 Å². The van der Waals surface area contributed by atoms with Gasteiger partial charge in [-0.25, -0.2) is 0 Å². The first-order valence-corrected chi connectivity index (χ1v) is 7.03. The number of hydrogen-bond acceptors (Lipinski definition) is 5. The second-order valence-corrected chi connectivity index (χ2v) is 5.69. The van der Waals surface area contributed by atoms with Crippen molar-refractivity contribution < 1.29 is 14.6 Å². The molecule has 0 bridgehead atoms. The quantitative estimate of drug-likeness (QED) is 0.685. The number of carbonyl (C=O) groups excluding carboxylic acids is 1. The molecule has 0 saturated carbocycles. The highest BCUT2D eigenvalue weighted by atomic mass is 32.2. The van der Waals surface area contributed by atoms with Crippen LogP contribution < -0.4 is 0 Å². The molecule has 0 aromatic carbocycles. The van der Waals surface area contributed by atoms with Gasteiger partial charge in [0.1, 0.15) is 0 Å². The van der Waals surface area contributed by atoms with Gasteiger partial charge in [-0.3, -0.25) is 9.78 Å². The summed E-state index contributed by atoms with van der Waals surface area (Å²) >= 11 is 1.24. The number of aliphatic hydroxyl groups is 1. The van der Waals surface area contributed by atoms with Crippen LogP contribution >= 0.6 is 11.8 Å². The highest BCUT2D eigenvalue weighted by Crippen LogP contribution is 2.47. The predicted octanol–water partition coefficient (Wildman–Crippen LogP) is 1.84. The molecule has 2 aromatic heterocycles. The molecule has 0 aliphatic carbocycles. The maximum Gasteiger partial charge on any atom is 0.304 e. The number of thioether (sulfide) groups is 1. The number of esters is 1. The number of carbonyl (C=O) groups is 1. The first-order valence-electron chi connectivity index (χ1n) is 6.04. The molecule has 0 radical (unpaired) electrons. The van der Waals surface area contributed by atoms with Crippen molar-refractivity contribution in [1.29, 1.82) is 0 Å². The van der Waals surface area contributed by atoms with E-state index in [4.69, 9.17) is 4.74 Å². The first kappa shape index (κ1) is 12.5. The Morgan fingerprint density at radius 3 is 3.26 bits per heavy atom. The molecule has 0 amide bonds. The highest BCUT2D eigenvalue weighted by Gasteiger charge is 2.43. The highest BCUT2D eigenvalue weighted by molar-refractivity contribution is 7.99. The van der Waals surface area contributed by atoms with Crippen molar-refractivity contribution in [2.24, 2.45) is 0 Å². The van der Waals surface area contributed by atoms with E-state index in [-0.39, 0.29) is 11.9 Å². The molecule has 2 aromatic rings.